The van der Waals surface area contributed by atoms with Crippen molar-refractivity contribution in [2.45, 2.75) is 109 Å². The van der Waals surface area contributed by atoms with Crippen molar-refractivity contribution in [3.63, 3.8) is 0 Å². The summed E-state index contributed by atoms with van der Waals surface area (Å²) in [6.07, 6.45) is 4.86. The summed E-state index contributed by atoms with van der Waals surface area (Å²) in [6.45, 7) is 30.5. The van der Waals surface area contributed by atoms with Gasteiger partial charge < -0.3 is 0 Å². The zero-order chi connectivity index (χ0) is 23.5. The van der Waals surface area contributed by atoms with Crippen LogP contribution in [-0.4, -0.2) is 24.5 Å². The van der Waals surface area contributed by atoms with E-state index in [1.807, 2.05) is 13.8 Å². The fourth-order valence-corrected chi connectivity index (χ4v) is 3.70. The number of nitrogens with zero attached hydrogens (tertiary/aromatic N) is 1. The summed E-state index contributed by atoms with van der Waals surface area (Å²) in [5.41, 5.74) is 5.35. The summed E-state index contributed by atoms with van der Waals surface area (Å²) >= 11 is 0. The molecule has 182 valence electrons. The topological polar surface area (TPSA) is 3.24 Å². The second-order valence-corrected chi connectivity index (χ2v) is 11.6. The number of benzene rings is 1. The van der Waals surface area contributed by atoms with E-state index in [4.69, 9.17) is 0 Å². The van der Waals surface area contributed by atoms with Crippen molar-refractivity contribution in [1.82, 2.24) is 4.90 Å². The van der Waals surface area contributed by atoms with E-state index in [9.17, 15) is 0 Å². The third-order valence-corrected chi connectivity index (χ3v) is 5.15. The van der Waals surface area contributed by atoms with Crippen LogP contribution in [0.1, 0.15) is 114 Å². The molecule has 0 bridgehead atoms. The van der Waals surface area contributed by atoms with E-state index in [-0.39, 0.29) is 7.43 Å². The zero-order valence-corrected chi connectivity index (χ0v) is 22.5. The Morgan fingerprint density at radius 1 is 0.806 bits per heavy atom. The lowest BCUT2D eigenvalue weighted by Crippen LogP contribution is -2.36. The zero-order valence-electron chi connectivity index (χ0n) is 22.5. The summed E-state index contributed by atoms with van der Waals surface area (Å²) in [7, 11) is 0. The number of rotatable bonds is 4. The Morgan fingerprint density at radius 2 is 1.32 bits per heavy atom. The summed E-state index contributed by atoms with van der Waals surface area (Å²) < 4.78 is 0. The van der Waals surface area contributed by atoms with Crippen molar-refractivity contribution < 1.29 is 0 Å². The average Bonchev–Trinajstić information content (AvgIpc) is 2.62. The number of hydrogen-bond acceptors (Lipinski definition) is 1. The van der Waals surface area contributed by atoms with Gasteiger partial charge in [-0.3, -0.25) is 4.90 Å². The van der Waals surface area contributed by atoms with Crippen LogP contribution in [0.15, 0.2) is 35.9 Å². The molecule has 0 fully saturated rings. The quantitative estimate of drug-likeness (QED) is 0.429. The van der Waals surface area contributed by atoms with Crippen molar-refractivity contribution in [3.05, 3.63) is 47.0 Å². The molecule has 1 heterocycles. The smallest absolute Gasteiger partial charge is 0.0166 e. The second kappa shape index (κ2) is 14.9. The van der Waals surface area contributed by atoms with E-state index in [1.165, 1.54) is 30.6 Å². The minimum atomic E-state index is 0. The van der Waals surface area contributed by atoms with Crippen molar-refractivity contribution >= 4 is 0 Å². The maximum absolute atomic E-state index is 2.56. The van der Waals surface area contributed by atoms with Crippen LogP contribution in [0.25, 0.3) is 0 Å². The molecule has 0 N–H and O–H groups in total. The van der Waals surface area contributed by atoms with Gasteiger partial charge in [-0.2, -0.15) is 0 Å². The Kier molecular flexibility index (Phi) is 15.4. The molecule has 0 spiro atoms. The van der Waals surface area contributed by atoms with Gasteiger partial charge in [-0.25, -0.2) is 0 Å². The van der Waals surface area contributed by atoms with E-state index < -0.39 is 0 Å². The molecule has 2 rings (SSSR count). The summed E-state index contributed by atoms with van der Waals surface area (Å²) in [5.74, 6) is 1.38. The minimum absolute atomic E-state index is 0. The molecule has 0 aromatic heterocycles. The SMILES string of the molecule is C.CC.CC(C)C1=CCN(CC(C)(C)C)CC1.CC(C)c1ccc(CC(C)(C)C)cc1. The molecule has 1 aromatic carbocycles. The third kappa shape index (κ3) is 15.4. The molecule has 1 nitrogen and oxygen atoms in total. The van der Waals surface area contributed by atoms with Crippen molar-refractivity contribution in [3.8, 4) is 0 Å². The largest absolute Gasteiger partial charge is 0.299 e. The maximum Gasteiger partial charge on any atom is 0.0166 e. The Bertz CT molecular complexity index is 591. The standard InChI is InChI=1S/C14H22.C13H25N.C2H6.CH4/c1-11(2)13-8-6-12(7-9-13)10-14(3,4)5;1-11(2)12-6-8-14(9-7-12)10-13(3,4)5;1-2;/h6-9,11H,10H2,1-5H3;6,11H,7-10H2,1-5H3;1-2H3;1H4. The van der Waals surface area contributed by atoms with Gasteiger partial charge in [-0.1, -0.05) is 126 Å². The first-order valence-electron chi connectivity index (χ1n) is 12.3. The highest BCUT2D eigenvalue weighted by Gasteiger charge is 2.19. The Balaban J connectivity index is 0. The van der Waals surface area contributed by atoms with Crippen LogP contribution in [0.4, 0.5) is 0 Å². The molecule has 0 aliphatic carbocycles. The lowest BCUT2D eigenvalue weighted by atomic mass is 9.87. The van der Waals surface area contributed by atoms with Crippen LogP contribution in [-0.2, 0) is 6.42 Å². The second-order valence-electron chi connectivity index (χ2n) is 11.6. The Morgan fingerprint density at radius 3 is 1.65 bits per heavy atom. The first-order chi connectivity index (χ1) is 13.8. The molecule has 0 saturated carbocycles. The van der Waals surface area contributed by atoms with Gasteiger partial charge in [0.25, 0.3) is 0 Å². The van der Waals surface area contributed by atoms with Crippen LogP contribution in [0.5, 0.6) is 0 Å². The van der Waals surface area contributed by atoms with Gasteiger partial charge in [-0.05, 0) is 46.6 Å². The van der Waals surface area contributed by atoms with Gasteiger partial charge in [0.05, 0.1) is 0 Å². The molecule has 0 atom stereocenters. The van der Waals surface area contributed by atoms with E-state index in [0.29, 0.717) is 16.7 Å². The Hall–Kier alpha value is -1.08. The van der Waals surface area contributed by atoms with Crippen LogP contribution in [0.3, 0.4) is 0 Å². The van der Waals surface area contributed by atoms with Gasteiger partial charge in [0, 0.05) is 19.6 Å². The van der Waals surface area contributed by atoms with Gasteiger partial charge in [0.15, 0.2) is 0 Å². The van der Waals surface area contributed by atoms with E-state index >= 15 is 0 Å². The predicted molar refractivity (Wildman–Crippen MR) is 145 cm³/mol. The molecule has 0 amide bonds. The molecule has 0 radical (unpaired) electrons. The minimum Gasteiger partial charge on any atom is -0.299 e. The highest BCUT2D eigenvalue weighted by Crippen LogP contribution is 2.23. The highest BCUT2D eigenvalue weighted by atomic mass is 15.1. The first-order valence-corrected chi connectivity index (χ1v) is 12.3. The molecule has 1 aromatic rings. The van der Waals surface area contributed by atoms with Crippen LogP contribution in [0, 0.1) is 16.7 Å². The molecule has 31 heavy (non-hydrogen) atoms. The van der Waals surface area contributed by atoms with Gasteiger partial charge in [-0.15, -0.1) is 0 Å². The van der Waals surface area contributed by atoms with Gasteiger partial charge in [0.2, 0.25) is 0 Å². The fraction of sp³-hybridized carbons (Fsp3) is 0.733. The number of hydrogen-bond donors (Lipinski definition) is 0. The van der Waals surface area contributed by atoms with E-state index in [1.54, 1.807) is 5.57 Å². The molecule has 1 aliphatic rings. The summed E-state index contributed by atoms with van der Waals surface area (Å²) in [5, 5.41) is 0. The molecule has 0 saturated heterocycles. The van der Waals surface area contributed by atoms with Gasteiger partial charge >= 0.3 is 0 Å². The third-order valence-electron chi connectivity index (χ3n) is 5.15. The highest BCUT2D eigenvalue weighted by molar-refractivity contribution is 5.25. The van der Waals surface area contributed by atoms with Crippen LogP contribution < -0.4 is 0 Å². The molecule has 1 aliphatic heterocycles. The van der Waals surface area contributed by atoms with Crippen molar-refractivity contribution in [2.24, 2.45) is 16.7 Å². The molecule has 1 heteroatoms. The average molecular weight is 432 g/mol. The molecular formula is C30H57N. The van der Waals surface area contributed by atoms with Crippen molar-refractivity contribution in [1.29, 1.82) is 0 Å². The normalized spacial score (nSPS) is 14.7. The Labute approximate surface area is 197 Å². The van der Waals surface area contributed by atoms with E-state index in [0.717, 1.165) is 18.9 Å². The summed E-state index contributed by atoms with van der Waals surface area (Å²) in [6, 6.07) is 9.04. The van der Waals surface area contributed by atoms with E-state index in [2.05, 4.69) is 104 Å². The first kappa shape index (κ1) is 32.1. The lowest BCUT2D eigenvalue weighted by molar-refractivity contribution is 0.201. The van der Waals surface area contributed by atoms with Crippen molar-refractivity contribution in [2.75, 3.05) is 19.6 Å². The predicted octanol–water partition coefficient (Wildman–Crippen LogP) is 9.38. The van der Waals surface area contributed by atoms with Gasteiger partial charge in [0.1, 0.15) is 0 Å². The fourth-order valence-electron chi connectivity index (χ4n) is 3.70. The maximum atomic E-state index is 2.56. The summed E-state index contributed by atoms with van der Waals surface area (Å²) in [4.78, 5) is 2.56. The van der Waals surface area contributed by atoms with Crippen LogP contribution >= 0.6 is 0 Å². The molecule has 0 unspecified atom stereocenters. The van der Waals surface area contributed by atoms with Crippen LogP contribution in [0.2, 0.25) is 0 Å². The lowest BCUT2D eigenvalue weighted by Gasteiger charge is -2.32. The monoisotopic (exact) mass is 431 g/mol. The molecular weight excluding hydrogens is 374 g/mol.